The first kappa shape index (κ1) is 16.6. The van der Waals surface area contributed by atoms with Gasteiger partial charge in [0.15, 0.2) is 18.2 Å². The van der Waals surface area contributed by atoms with E-state index in [4.69, 9.17) is 9.26 Å². The van der Waals surface area contributed by atoms with Crippen molar-refractivity contribution in [2.45, 2.75) is 26.0 Å². The lowest BCUT2D eigenvalue weighted by molar-refractivity contribution is 0.0988. The van der Waals surface area contributed by atoms with Gasteiger partial charge in [-0.05, 0) is 31.3 Å². The van der Waals surface area contributed by atoms with E-state index in [9.17, 15) is 4.79 Å². The molecule has 0 aliphatic carbocycles. The normalized spacial score (nSPS) is 18.5. The smallest absolute Gasteiger partial charge is 0.264 e. The van der Waals surface area contributed by atoms with E-state index in [1.807, 2.05) is 6.92 Å². The highest BCUT2D eigenvalue weighted by molar-refractivity contribution is 5.95. The zero-order chi connectivity index (χ0) is 16.9. The molecular formula is C17H22N4O3. The predicted molar refractivity (Wildman–Crippen MR) is 87.9 cm³/mol. The van der Waals surface area contributed by atoms with Gasteiger partial charge in [-0.3, -0.25) is 9.69 Å². The summed E-state index contributed by atoms with van der Waals surface area (Å²) in [7, 11) is 2.05. The largest absolute Gasteiger partial charge is 0.484 e. The third kappa shape index (κ3) is 3.80. The number of nitrogens with one attached hydrogen (secondary N) is 1. The minimum Gasteiger partial charge on any atom is -0.484 e. The molecule has 24 heavy (non-hydrogen) atoms. The van der Waals surface area contributed by atoms with Crippen LogP contribution in [-0.2, 0) is 6.61 Å². The maximum Gasteiger partial charge on any atom is 0.264 e. The fourth-order valence-electron chi connectivity index (χ4n) is 2.64. The van der Waals surface area contributed by atoms with Gasteiger partial charge in [0, 0.05) is 31.6 Å². The van der Waals surface area contributed by atoms with Gasteiger partial charge in [-0.25, -0.2) is 0 Å². The number of nitrogens with zero attached hydrogens (tertiary/aromatic N) is 3. The summed E-state index contributed by atoms with van der Waals surface area (Å²) in [6.07, 6.45) is 0.495. The summed E-state index contributed by atoms with van der Waals surface area (Å²) >= 11 is 0. The van der Waals surface area contributed by atoms with E-state index in [0.29, 0.717) is 29.4 Å². The second kappa shape index (κ2) is 7.55. The summed E-state index contributed by atoms with van der Waals surface area (Å²) in [5, 5.41) is 7.39. The van der Waals surface area contributed by atoms with E-state index in [2.05, 4.69) is 27.4 Å². The van der Waals surface area contributed by atoms with Crippen molar-refractivity contribution in [2.75, 3.05) is 26.7 Å². The number of aromatic nitrogens is 2. The Kier molecular flexibility index (Phi) is 5.22. The molecule has 128 valence electrons. The summed E-state index contributed by atoms with van der Waals surface area (Å²) in [6.45, 7) is 4.78. The van der Waals surface area contributed by atoms with Crippen molar-refractivity contribution in [2.24, 2.45) is 0 Å². The van der Waals surface area contributed by atoms with Crippen molar-refractivity contribution in [1.29, 1.82) is 0 Å². The maximum atomic E-state index is 11.6. The highest BCUT2D eigenvalue weighted by Gasteiger charge is 2.25. The van der Waals surface area contributed by atoms with Crippen LogP contribution >= 0.6 is 0 Å². The monoisotopic (exact) mass is 330 g/mol. The van der Waals surface area contributed by atoms with Gasteiger partial charge in [-0.2, -0.15) is 4.98 Å². The van der Waals surface area contributed by atoms with Gasteiger partial charge >= 0.3 is 0 Å². The number of hydrogen-bond acceptors (Lipinski definition) is 7. The average molecular weight is 330 g/mol. The van der Waals surface area contributed by atoms with E-state index in [1.165, 1.54) is 0 Å². The molecule has 1 aromatic heterocycles. The SMILES string of the molecule is CCC(=O)c1ccc(OCc2nc(C3CNCCN3C)no2)cc1. The second-order valence-corrected chi connectivity index (χ2v) is 5.84. The van der Waals surface area contributed by atoms with Crippen molar-refractivity contribution in [1.82, 2.24) is 20.4 Å². The predicted octanol–water partition coefficient (Wildman–Crippen LogP) is 1.82. The molecule has 2 heterocycles. The molecule has 1 aliphatic rings. The molecule has 0 saturated carbocycles. The Balaban J connectivity index is 1.58. The first-order valence-corrected chi connectivity index (χ1v) is 8.17. The summed E-state index contributed by atoms with van der Waals surface area (Å²) in [6, 6.07) is 7.21. The third-order valence-electron chi connectivity index (χ3n) is 4.15. The maximum absolute atomic E-state index is 11.6. The number of rotatable bonds is 6. The van der Waals surface area contributed by atoms with Gasteiger partial charge in [0.1, 0.15) is 5.75 Å². The Morgan fingerprint density at radius 2 is 2.21 bits per heavy atom. The molecule has 2 aromatic rings. The topological polar surface area (TPSA) is 80.5 Å². The summed E-state index contributed by atoms with van der Waals surface area (Å²) in [5.74, 6) is 1.90. The molecule has 1 aromatic carbocycles. The van der Waals surface area contributed by atoms with Crippen LogP contribution in [0.15, 0.2) is 28.8 Å². The lowest BCUT2D eigenvalue weighted by Gasteiger charge is -2.30. The fourth-order valence-corrected chi connectivity index (χ4v) is 2.64. The van der Waals surface area contributed by atoms with Crippen molar-refractivity contribution in [3.05, 3.63) is 41.5 Å². The number of ether oxygens (including phenoxy) is 1. The summed E-state index contributed by atoms with van der Waals surface area (Å²) in [4.78, 5) is 18.2. The molecule has 3 rings (SSSR count). The van der Waals surface area contributed by atoms with Gasteiger partial charge in [0.25, 0.3) is 5.89 Å². The zero-order valence-electron chi connectivity index (χ0n) is 14.0. The third-order valence-corrected chi connectivity index (χ3v) is 4.15. The van der Waals surface area contributed by atoms with Crippen LogP contribution in [0.5, 0.6) is 5.75 Å². The Morgan fingerprint density at radius 1 is 1.42 bits per heavy atom. The molecule has 0 spiro atoms. The lowest BCUT2D eigenvalue weighted by atomic mass is 10.1. The molecule has 0 amide bonds. The lowest BCUT2D eigenvalue weighted by Crippen LogP contribution is -2.44. The van der Waals surface area contributed by atoms with Crippen LogP contribution in [0, 0.1) is 0 Å². The molecule has 7 heteroatoms. The standard InChI is InChI=1S/C17H22N4O3/c1-3-15(22)12-4-6-13(7-5-12)23-11-16-19-17(20-24-16)14-10-18-8-9-21(14)2/h4-7,14,18H,3,8-11H2,1-2H3. The number of carbonyl (C=O) groups is 1. The minimum absolute atomic E-state index is 0.119. The molecular weight excluding hydrogens is 308 g/mol. The molecule has 7 nitrogen and oxygen atoms in total. The van der Waals surface area contributed by atoms with Crippen LogP contribution in [0.25, 0.3) is 0 Å². The van der Waals surface area contributed by atoms with Crippen molar-refractivity contribution in [3.63, 3.8) is 0 Å². The quantitative estimate of drug-likeness (QED) is 0.809. The van der Waals surface area contributed by atoms with Crippen LogP contribution in [0.4, 0.5) is 0 Å². The van der Waals surface area contributed by atoms with Crippen LogP contribution in [-0.4, -0.2) is 47.5 Å². The molecule has 1 saturated heterocycles. The van der Waals surface area contributed by atoms with Gasteiger partial charge in [-0.15, -0.1) is 0 Å². The number of hydrogen-bond donors (Lipinski definition) is 1. The summed E-state index contributed by atoms with van der Waals surface area (Å²) < 4.78 is 10.9. The number of piperazine rings is 1. The number of ketones is 1. The Labute approximate surface area is 141 Å². The van der Waals surface area contributed by atoms with E-state index in [0.717, 1.165) is 19.6 Å². The second-order valence-electron chi connectivity index (χ2n) is 5.84. The summed E-state index contributed by atoms with van der Waals surface area (Å²) in [5.41, 5.74) is 0.692. The van der Waals surface area contributed by atoms with Crippen LogP contribution in [0.2, 0.25) is 0 Å². The van der Waals surface area contributed by atoms with E-state index >= 15 is 0 Å². The molecule has 0 bridgehead atoms. The fraction of sp³-hybridized carbons (Fsp3) is 0.471. The van der Waals surface area contributed by atoms with Gasteiger partial charge in [0.2, 0.25) is 0 Å². The number of likely N-dealkylation sites (N-methyl/N-ethyl adjacent to an activating group) is 1. The molecule has 1 atom stereocenters. The molecule has 1 fully saturated rings. The van der Waals surface area contributed by atoms with Gasteiger partial charge < -0.3 is 14.6 Å². The van der Waals surface area contributed by atoms with E-state index in [-0.39, 0.29) is 18.4 Å². The van der Waals surface area contributed by atoms with Gasteiger partial charge in [0.05, 0.1) is 6.04 Å². The first-order valence-electron chi connectivity index (χ1n) is 8.17. The van der Waals surface area contributed by atoms with Crippen LogP contribution in [0.1, 0.15) is 41.5 Å². The highest BCUT2D eigenvalue weighted by Crippen LogP contribution is 2.19. The molecule has 1 N–H and O–H groups in total. The number of benzene rings is 1. The van der Waals surface area contributed by atoms with Gasteiger partial charge in [-0.1, -0.05) is 12.1 Å². The highest BCUT2D eigenvalue weighted by atomic mass is 16.5. The average Bonchev–Trinajstić information content (AvgIpc) is 3.09. The Morgan fingerprint density at radius 3 is 2.92 bits per heavy atom. The van der Waals surface area contributed by atoms with E-state index in [1.54, 1.807) is 24.3 Å². The Bertz CT molecular complexity index is 683. The van der Waals surface area contributed by atoms with Crippen molar-refractivity contribution < 1.29 is 14.1 Å². The first-order chi connectivity index (χ1) is 11.7. The number of Topliss-reactive ketones (excluding diaryl/α,β-unsaturated/α-hetero) is 1. The van der Waals surface area contributed by atoms with E-state index < -0.39 is 0 Å². The minimum atomic E-state index is 0.119. The van der Waals surface area contributed by atoms with Crippen molar-refractivity contribution >= 4 is 5.78 Å². The molecule has 1 unspecified atom stereocenters. The Hall–Kier alpha value is -2.25. The van der Waals surface area contributed by atoms with Crippen LogP contribution < -0.4 is 10.1 Å². The number of carbonyl (C=O) groups excluding carboxylic acids is 1. The van der Waals surface area contributed by atoms with Crippen LogP contribution in [0.3, 0.4) is 0 Å². The van der Waals surface area contributed by atoms with Crippen molar-refractivity contribution in [3.8, 4) is 5.75 Å². The zero-order valence-corrected chi connectivity index (χ0v) is 14.0. The molecule has 0 radical (unpaired) electrons. The molecule has 1 aliphatic heterocycles.